The molecule has 1 heterocycles. The molecule has 0 saturated heterocycles. The Labute approximate surface area is 112 Å². The van der Waals surface area contributed by atoms with Crippen LogP contribution in [0.25, 0.3) is 0 Å². The highest BCUT2D eigenvalue weighted by Crippen LogP contribution is 2.21. The van der Waals surface area contributed by atoms with E-state index in [-0.39, 0.29) is 16.9 Å². The molecule has 0 fully saturated rings. The number of rotatable bonds is 3. The molecule has 18 heavy (non-hydrogen) atoms. The molecular formula is C11H7Cl2F2N3. The summed E-state index contributed by atoms with van der Waals surface area (Å²) in [6.45, 7) is 0.263. The van der Waals surface area contributed by atoms with Crippen LogP contribution in [0.1, 0.15) is 5.56 Å². The van der Waals surface area contributed by atoms with Gasteiger partial charge in [-0.25, -0.2) is 8.78 Å². The highest BCUT2D eigenvalue weighted by molar-refractivity contribution is 6.33. The standard InChI is InChI=1S/C11H7Cl2F2N3/c12-10-4-9(11(13)18-17-10)16-5-6-1-2-7(14)8(15)3-6/h1-4H,5H2,(H,16,17). The Hall–Kier alpha value is -1.46. The molecule has 0 amide bonds. The van der Waals surface area contributed by atoms with Gasteiger partial charge in [0.25, 0.3) is 0 Å². The van der Waals surface area contributed by atoms with E-state index in [1.165, 1.54) is 12.1 Å². The van der Waals surface area contributed by atoms with Crippen molar-refractivity contribution in [2.24, 2.45) is 0 Å². The third kappa shape index (κ3) is 3.05. The van der Waals surface area contributed by atoms with Gasteiger partial charge in [-0.3, -0.25) is 0 Å². The molecule has 0 aliphatic heterocycles. The normalized spacial score (nSPS) is 10.4. The molecule has 2 rings (SSSR count). The van der Waals surface area contributed by atoms with Crippen molar-refractivity contribution in [3.8, 4) is 0 Å². The van der Waals surface area contributed by atoms with Crippen molar-refractivity contribution in [1.82, 2.24) is 10.2 Å². The molecule has 1 N–H and O–H groups in total. The van der Waals surface area contributed by atoms with Gasteiger partial charge in [0.05, 0.1) is 5.69 Å². The Morgan fingerprint density at radius 2 is 1.83 bits per heavy atom. The number of nitrogens with zero attached hydrogens (tertiary/aromatic N) is 2. The molecular weight excluding hydrogens is 283 g/mol. The molecule has 7 heteroatoms. The van der Waals surface area contributed by atoms with Crippen molar-refractivity contribution < 1.29 is 8.78 Å². The van der Waals surface area contributed by atoms with Gasteiger partial charge >= 0.3 is 0 Å². The summed E-state index contributed by atoms with van der Waals surface area (Å²) in [5.74, 6) is -1.78. The van der Waals surface area contributed by atoms with Gasteiger partial charge in [0, 0.05) is 12.6 Å². The number of halogens is 4. The molecule has 0 aliphatic rings. The topological polar surface area (TPSA) is 37.8 Å². The van der Waals surface area contributed by atoms with E-state index < -0.39 is 11.6 Å². The van der Waals surface area contributed by atoms with Gasteiger partial charge in [-0.15, -0.1) is 10.2 Å². The lowest BCUT2D eigenvalue weighted by atomic mass is 10.2. The summed E-state index contributed by atoms with van der Waals surface area (Å²) in [6, 6.07) is 5.13. The number of hydrogen-bond donors (Lipinski definition) is 1. The van der Waals surface area contributed by atoms with E-state index in [1.807, 2.05) is 0 Å². The van der Waals surface area contributed by atoms with Crippen LogP contribution in [0, 0.1) is 11.6 Å². The van der Waals surface area contributed by atoms with Crippen LogP contribution in [0.3, 0.4) is 0 Å². The summed E-state index contributed by atoms with van der Waals surface area (Å²) in [7, 11) is 0. The first-order chi connectivity index (χ1) is 8.56. The van der Waals surface area contributed by atoms with E-state index in [0.29, 0.717) is 11.3 Å². The predicted molar refractivity (Wildman–Crippen MR) is 65.7 cm³/mol. The molecule has 0 aliphatic carbocycles. The second-order valence-corrected chi connectivity index (χ2v) is 4.22. The van der Waals surface area contributed by atoms with Crippen molar-refractivity contribution in [2.45, 2.75) is 6.54 Å². The lowest BCUT2D eigenvalue weighted by Gasteiger charge is -2.07. The van der Waals surface area contributed by atoms with Gasteiger partial charge in [-0.2, -0.15) is 0 Å². The Morgan fingerprint density at radius 3 is 2.56 bits per heavy atom. The summed E-state index contributed by atoms with van der Waals surface area (Å²) in [5, 5.41) is 10.4. The van der Waals surface area contributed by atoms with Crippen LogP contribution >= 0.6 is 23.2 Å². The number of anilines is 1. The van der Waals surface area contributed by atoms with E-state index in [1.54, 1.807) is 0 Å². The predicted octanol–water partition coefficient (Wildman–Crippen LogP) is 3.67. The Kier molecular flexibility index (Phi) is 3.93. The molecule has 0 bridgehead atoms. The second kappa shape index (κ2) is 5.46. The third-order valence-corrected chi connectivity index (χ3v) is 2.65. The van der Waals surface area contributed by atoms with Crippen molar-refractivity contribution in [3.05, 3.63) is 51.8 Å². The molecule has 0 spiro atoms. The minimum atomic E-state index is -0.897. The van der Waals surface area contributed by atoms with Gasteiger partial charge < -0.3 is 5.32 Å². The zero-order valence-corrected chi connectivity index (χ0v) is 10.4. The molecule has 1 aromatic heterocycles. The van der Waals surface area contributed by atoms with Gasteiger partial charge in [0.15, 0.2) is 21.9 Å². The minimum absolute atomic E-state index is 0.155. The fourth-order valence-electron chi connectivity index (χ4n) is 1.32. The number of nitrogens with one attached hydrogen (secondary N) is 1. The molecule has 94 valence electrons. The van der Waals surface area contributed by atoms with Crippen molar-refractivity contribution in [2.75, 3.05) is 5.32 Å². The zero-order valence-electron chi connectivity index (χ0n) is 8.92. The molecule has 0 saturated carbocycles. The van der Waals surface area contributed by atoms with Crippen LogP contribution in [0.2, 0.25) is 10.3 Å². The average Bonchev–Trinajstić information content (AvgIpc) is 2.34. The van der Waals surface area contributed by atoms with Crippen molar-refractivity contribution >= 4 is 28.9 Å². The summed E-state index contributed by atoms with van der Waals surface area (Å²) >= 11 is 11.5. The largest absolute Gasteiger partial charge is 0.378 e. The minimum Gasteiger partial charge on any atom is -0.378 e. The summed E-state index contributed by atoms with van der Waals surface area (Å²) in [6.07, 6.45) is 0. The van der Waals surface area contributed by atoms with Crippen LogP contribution < -0.4 is 5.32 Å². The third-order valence-electron chi connectivity index (χ3n) is 2.19. The van der Waals surface area contributed by atoms with E-state index in [9.17, 15) is 8.78 Å². The van der Waals surface area contributed by atoms with E-state index in [4.69, 9.17) is 23.2 Å². The second-order valence-electron chi connectivity index (χ2n) is 3.47. The van der Waals surface area contributed by atoms with Gasteiger partial charge in [-0.1, -0.05) is 29.3 Å². The van der Waals surface area contributed by atoms with Crippen LogP contribution in [0.15, 0.2) is 24.3 Å². The Balaban J connectivity index is 2.11. The molecule has 2 aromatic rings. The quantitative estimate of drug-likeness (QED) is 0.937. The SMILES string of the molecule is Fc1ccc(CNc2cc(Cl)nnc2Cl)cc1F. The average molecular weight is 290 g/mol. The van der Waals surface area contributed by atoms with E-state index in [2.05, 4.69) is 15.5 Å². The summed E-state index contributed by atoms with van der Waals surface area (Å²) < 4.78 is 25.7. The fourth-order valence-corrected chi connectivity index (χ4v) is 1.63. The molecule has 0 radical (unpaired) electrons. The van der Waals surface area contributed by atoms with E-state index in [0.717, 1.165) is 12.1 Å². The molecule has 0 atom stereocenters. The lowest BCUT2D eigenvalue weighted by Crippen LogP contribution is -2.02. The molecule has 1 aromatic carbocycles. The maximum atomic E-state index is 13.0. The van der Waals surface area contributed by atoms with Crippen LogP contribution in [0.5, 0.6) is 0 Å². The Morgan fingerprint density at radius 1 is 1.06 bits per heavy atom. The zero-order chi connectivity index (χ0) is 13.1. The van der Waals surface area contributed by atoms with Gasteiger partial charge in [-0.05, 0) is 17.7 Å². The summed E-state index contributed by atoms with van der Waals surface area (Å²) in [5.41, 5.74) is 1.04. The number of benzene rings is 1. The highest BCUT2D eigenvalue weighted by atomic mass is 35.5. The van der Waals surface area contributed by atoms with E-state index >= 15 is 0 Å². The number of hydrogen-bond acceptors (Lipinski definition) is 3. The first kappa shape index (κ1) is 13.0. The monoisotopic (exact) mass is 289 g/mol. The first-order valence-electron chi connectivity index (χ1n) is 4.93. The van der Waals surface area contributed by atoms with Gasteiger partial charge in [0.1, 0.15) is 0 Å². The smallest absolute Gasteiger partial charge is 0.174 e. The maximum Gasteiger partial charge on any atom is 0.174 e. The molecule has 0 unspecified atom stereocenters. The lowest BCUT2D eigenvalue weighted by molar-refractivity contribution is 0.507. The van der Waals surface area contributed by atoms with Gasteiger partial charge in [0.2, 0.25) is 0 Å². The van der Waals surface area contributed by atoms with Crippen LogP contribution in [0.4, 0.5) is 14.5 Å². The molecule has 3 nitrogen and oxygen atoms in total. The van der Waals surface area contributed by atoms with Crippen molar-refractivity contribution in [1.29, 1.82) is 0 Å². The highest BCUT2D eigenvalue weighted by Gasteiger charge is 2.05. The van der Waals surface area contributed by atoms with Crippen LogP contribution in [-0.2, 0) is 6.54 Å². The van der Waals surface area contributed by atoms with Crippen molar-refractivity contribution in [3.63, 3.8) is 0 Å². The number of aromatic nitrogens is 2. The summed E-state index contributed by atoms with van der Waals surface area (Å²) in [4.78, 5) is 0. The first-order valence-corrected chi connectivity index (χ1v) is 5.68. The fraction of sp³-hybridized carbons (Fsp3) is 0.0909. The Bertz CT molecular complexity index is 578. The maximum absolute atomic E-state index is 13.0. The van der Waals surface area contributed by atoms with Crippen LogP contribution in [-0.4, -0.2) is 10.2 Å².